The number of hydrogen-bond acceptors (Lipinski definition) is 5. The van der Waals surface area contributed by atoms with E-state index in [0.717, 1.165) is 6.92 Å². The van der Waals surface area contributed by atoms with Gasteiger partial charge in [-0.3, -0.25) is 0 Å². The Morgan fingerprint density at radius 2 is 1.55 bits per heavy atom. The van der Waals surface area contributed by atoms with E-state index in [-0.39, 0.29) is 5.95 Å². The lowest BCUT2D eigenvalue weighted by Crippen LogP contribution is -2.34. The SMILES string of the molecule is C[C@@H](Nc1nc(Cl)nc(NC(CF)CF)n1)C(F)(F)F. The van der Waals surface area contributed by atoms with Crippen LogP contribution in [0.1, 0.15) is 6.92 Å². The summed E-state index contributed by atoms with van der Waals surface area (Å²) in [5, 5.41) is 3.82. The molecule has 0 aliphatic rings. The number of anilines is 2. The number of halogens is 6. The molecule has 0 aromatic carbocycles. The van der Waals surface area contributed by atoms with Crippen LogP contribution in [-0.2, 0) is 0 Å². The van der Waals surface area contributed by atoms with Gasteiger partial charge in [0.05, 0.1) is 6.04 Å². The van der Waals surface area contributed by atoms with Crippen molar-refractivity contribution in [2.75, 3.05) is 24.0 Å². The van der Waals surface area contributed by atoms with Crippen LogP contribution in [0.15, 0.2) is 0 Å². The number of aromatic nitrogens is 3. The molecule has 1 heterocycles. The van der Waals surface area contributed by atoms with Crippen molar-refractivity contribution >= 4 is 23.5 Å². The molecule has 1 atom stereocenters. The number of hydrogen-bond donors (Lipinski definition) is 2. The molecule has 5 nitrogen and oxygen atoms in total. The van der Waals surface area contributed by atoms with Crippen molar-refractivity contribution in [1.29, 1.82) is 0 Å². The average Bonchev–Trinajstić information content (AvgIpc) is 2.34. The quantitative estimate of drug-likeness (QED) is 0.789. The summed E-state index contributed by atoms with van der Waals surface area (Å²) >= 11 is 5.51. The standard InChI is InChI=1S/C9H11ClF5N5/c1-4(9(13,14)15)16-7-18-6(10)19-8(20-7)17-5(2-11)3-12/h4-5H,2-3H2,1H3,(H2,16,17,18,19,20)/t4-/m1/s1. The Balaban J connectivity index is 2.86. The minimum Gasteiger partial charge on any atom is -0.346 e. The monoisotopic (exact) mass is 319 g/mol. The summed E-state index contributed by atoms with van der Waals surface area (Å²) in [6.45, 7) is -1.22. The highest BCUT2D eigenvalue weighted by Crippen LogP contribution is 2.22. The molecule has 0 fully saturated rings. The Hall–Kier alpha value is -1.45. The largest absolute Gasteiger partial charge is 0.408 e. The first-order valence-electron chi connectivity index (χ1n) is 5.39. The normalized spacial score (nSPS) is 13.4. The smallest absolute Gasteiger partial charge is 0.346 e. The van der Waals surface area contributed by atoms with Crippen LogP contribution in [0.25, 0.3) is 0 Å². The fourth-order valence-electron chi connectivity index (χ4n) is 1.06. The summed E-state index contributed by atoms with van der Waals surface area (Å²) in [4.78, 5) is 10.5. The predicted molar refractivity (Wildman–Crippen MR) is 63.3 cm³/mol. The summed E-state index contributed by atoms with van der Waals surface area (Å²) in [6.07, 6.45) is -4.51. The van der Waals surface area contributed by atoms with Gasteiger partial charge in [-0.25, -0.2) is 8.78 Å². The summed E-state index contributed by atoms with van der Waals surface area (Å²) in [5.41, 5.74) is 0. The molecule has 11 heteroatoms. The van der Waals surface area contributed by atoms with Gasteiger partial charge in [-0.2, -0.15) is 28.1 Å². The lowest BCUT2D eigenvalue weighted by Gasteiger charge is -2.18. The summed E-state index contributed by atoms with van der Waals surface area (Å²) in [5.74, 6) is -0.768. The van der Waals surface area contributed by atoms with E-state index >= 15 is 0 Å². The van der Waals surface area contributed by atoms with E-state index in [4.69, 9.17) is 11.6 Å². The van der Waals surface area contributed by atoms with Crippen molar-refractivity contribution in [1.82, 2.24) is 15.0 Å². The first kappa shape index (κ1) is 16.6. The molecule has 2 N–H and O–H groups in total. The van der Waals surface area contributed by atoms with Crippen molar-refractivity contribution < 1.29 is 22.0 Å². The molecule has 0 aliphatic carbocycles. The van der Waals surface area contributed by atoms with Gasteiger partial charge in [0, 0.05) is 0 Å². The third kappa shape index (κ3) is 4.91. The van der Waals surface area contributed by atoms with Gasteiger partial charge in [-0.1, -0.05) is 0 Å². The minimum absolute atomic E-state index is 0.317. The Kier molecular flexibility index (Phi) is 5.66. The van der Waals surface area contributed by atoms with E-state index in [2.05, 4.69) is 20.3 Å². The molecule has 1 aromatic heterocycles. The lowest BCUT2D eigenvalue weighted by molar-refractivity contribution is -0.138. The zero-order valence-electron chi connectivity index (χ0n) is 10.2. The van der Waals surface area contributed by atoms with Crippen molar-refractivity contribution in [3.05, 3.63) is 5.28 Å². The topological polar surface area (TPSA) is 62.7 Å². The zero-order chi connectivity index (χ0) is 15.3. The summed E-state index contributed by atoms with van der Waals surface area (Å²) in [7, 11) is 0. The summed E-state index contributed by atoms with van der Waals surface area (Å²) in [6, 6.07) is -3.13. The number of nitrogens with zero attached hydrogens (tertiary/aromatic N) is 3. The molecule has 0 bridgehead atoms. The molecule has 0 aliphatic heterocycles. The van der Waals surface area contributed by atoms with Gasteiger partial charge < -0.3 is 10.6 Å². The molecule has 114 valence electrons. The van der Waals surface area contributed by atoms with Crippen molar-refractivity contribution in [3.8, 4) is 0 Å². The van der Waals surface area contributed by atoms with Crippen LogP contribution in [0.3, 0.4) is 0 Å². The maximum atomic E-state index is 12.4. The Morgan fingerprint density at radius 3 is 2.00 bits per heavy atom. The third-order valence-electron chi connectivity index (χ3n) is 2.15. The van der Waals surface area contributed by atoms with Crippen molar-refractivity contribution in [2.45, 2.75) is 25.2 Å². The van der Waals surface area contributed by atoms with Gasteiger partial charge >= 0.3 is 6.18 Å². The Labute approximate surface area is 116 Å². The van der Waals surface area contributed by atoms with E-state index in [0.29, 0.717) is 0 Å². The van der Waals surface area contributed by atoms with E-state index in [9.17, 15) is 22.0 Å². The fourth-order valence-corrected chi connectivity index (χ4v) is 1.22. The van der Waals surface area contributed by atoms with E-state index in [1.54, 1.807) is 0 Å². The van der Waals surface area contributed by atoms with E-state index < -0.39 is 42.8 Å². The minimum atomic E-state index is -4.51. The first-order chi connectivity index (χ1) is 9.26. The number of nitrogens with one attached hydrogen (secondary N) is 2. The highest BCUT2D eigenvalue weighted by atomic mass is 35.5. The summed E-state index contributed by atoms with van der Waals surface area (Å²) < 4.78 is 61.8. The van der Waals surface area contributed by atoms with Gasteiger partial charge in [0.1, 0.15) is 19.4 Å². The van der Waals surface area contributed by atoms with Crippen molar-refractivity contribution in [3.63, 3.8) is 0 Å². The molecule has 0 radical (unpaired) electrons. The van der Waals surface area contributed by atoms with Crippen LogP contribution in [0.2, 0.25) is 5.28 Å². The third-order valence-corrected chi connectivity index (χ3v) is 2.32. The maximum absolute atomic E-state index is 12.4. The Bertz CT molecular complexity index is 439. The average molecular weight is 320 g/mol. The molecule has 20 heavy (non-hydrogen) atoms. The van der Waals surface area contributed by atoms with Crippen LogP contribution in [-0.4, -0.2) is 46.6 Å². The molecule has 0 saturated carbocycles. The second-order valence-corrected chi connectivity index (χ2v) is 4.15. The van der Waals surface area contributed by atoms with Gasteiger partial charge in [-0.15, -0.1) is 0 Å². The van der Waals surface area contributed by atoms with Gasteiger partial charge in [-0.05, 0) is 18.5 Å². The van der Waals surface area contributed by atoms with Crippen LogP contribution in [0.5, 0.6) is 0 Å². The first-order valence-corrected chi connectivity index (χ1v) is 5.77. The highest BCUT2D eigenvalue weighted by molar-refractivity contribution is 6.28. The van der Waals surface area contributed by atoms with Gasteiger partial charge in [0.15, 0.2) is 0 Å². The lowest BCUT2D eigenvalue weighted by atomic mass is 10.3. The molecule has 0 amide bonds. The molecule has 1 rings (SSSR count). The van der Waals surface area contributed by atoms with Gasteiger partial charge in [0.25, 0.3) is 0 Å². The molecular weight excluding hydrogens is 309 g/mol. The van der Waals surface area contributed by atoms with E-state index in [1.165, 1.54) is 0 Å². The molecule has 1 aromatic rings. The highest BCUT2D eigenvalue weighted by Gasteiger charge is 2.36. The second-order valence-electron chi connectivity index (χ2n) is 3.81. The van der Waals surface area contributed by atoms with Crippen LogP contribution < -0.4 is 10.6 Å². The predicted octanol–water partition coefficient (Wildman–Crippen LogP) is 2.61. The van der Waals surface area contributed by atoms with E-state index in [1.807, 2.05) is 5.32 Å². The fraction of sp³-hybridized carbons (Fsp3) is 0.667. The van der Waals surface area contributed by atoms with Crippen LogP contribution >= 0.6 is 11.6 Å². The Morgan fingerprint density at radius 1 is 1.05 bits per heavy atom. The number of alkyl halides is 5. The van der Waals surface area contributed by atoms with Crippen molar-refractivity contribution in [2.24, 2.45) is 0 Å². The molecule has 0 spiro atoms. The second kappa shape index (κ2) is 6.82. The van der Waals surface area contributed by atoms with Crippen LogP contribution in [0, 0.1) is 0 Å². The van der Waals surface area contributed by atoms with Gasteiger partial charge in [0.2, 0.25) is 17.2 Å². The number of rotatable bonds is 6. The molecule has 0 unspecified atom stereocenters. The molecule has 0 saturated heterocycles. The zero-order valence-corrected chi connectivity index (χ0v) is 10.9. The molecular formula is C9H11ClF5N5. The maximum Gasteiger partial charge on any atom is 0.408 e. The van der Waals surface area contributed by atoms with Crippen LogP contribution in [0.4, 0.5) is 33.8 Å².